The van der Waals surface area contributed by atoms with Crippen LogP contribution in [-0.2, 0) is 4.74 Å². The predicted molar refractivity (Wildman–Crippen MR) is 75.3 cm³/mol. The van der Waals surface area contributed by atoms with Gasteiger partial charge in [0.05, 0.1) is 0 Å². The number of alkyl halides is 1. The lowest BCUT2D eigenvalue weighted by atomic mass is 9.79. The lowest BCUT2D eigenvalue weighted by Gasteiger charge is -2.39. The summed E-state index contributed by atoms with van der Waals surface area (Å²) in [6, 6.07) is 8.64. The van der Waals surface area contributed by atoms with Crippen molar-refractivity contribution in [1.82, 2.24) is 0 Å². The molecule has 1 heterocycles. The minimum atomic E-state index is -1.41. The Morgan fingerprint density at radius 2 is 1.89 bits per heavy atom. The molecule has 1 saturated heterocycles. The number of hydrogen-bond donors (Lipinski definition) is 0. The molecule has 0 aromatic heterocycles. The molecule has 1 saturated carbocycles. The van der Waals surface area contributed by atoms with Crippen molar-refractivity contribution in [2.45, 2.75) is 43.9 Å². The summed E-state index contributed by atoms with van der Waals surface area (Å²) in [5.41, 5.74) is 2.77. The Balaban J connectivity index is 1.76. The van der Waals surface area contributed by atoms with Gasteiger partial charge in [0.1, 0.15) is 0 Å². The first-order valence-corrected chi connectivity index (χ1v) is 7.30. The number of benzene rings is 1. The molecule has 0 radical (unpaired) electrons. The van der Waals surface area contributed by atoms with Crippen LogP contribution in [0.3, 0.4) is 0 Å². The van der Waals surface area contributed by atoms with Crippen LogP contribution in [0.5, 0.6) is 0 Å². The highest BCUT2D eigenvalue weighted by Gasteiger charge is 2.35. The number of piperidine rings is 1. The number of para-hydroxylation sites is 1. The van der Waals surface area contributed by atoms with Gasteiger partial charge in [-0.05, 0) is 30.4 Å². The molecule has 0 unspecified atom stereocenters. The summed E-state index contributed by atoms with van der Waals surface area (Å²) in [5.74, 6) is -0.697. The van der Waals surface area contributed by atoms with Gasteiger partial charge in [-0.15, -0.1) is 0 Å². The van der Waals surface area contributed by atoms with Gasteiger partial charge < -0.3 is 9.64 Å². The number of ether oxygens (including phenoxy) is 1. The first kappa shape index (κ1) is 12.9. The summed E-state index contributed by atoms with van der Waals surface area (Å²) < 4.78 is 19.1. The van der Waals surface area contributed by atoms with Gasteiger partial charge in [-0.3, -0.25) is 0 Å². The number of rotatable bonds is 3. The molecule has 2 fully saturated rings. The normalized spacial score (nSPS) is 23.2. The van der Waals surface area contributed by atoms with E-state index in [0.29, 0.717) is 12.8 Å². The summed E-state index contributed by atoms with van der Waals surface area (Å²) in [4.78, 5) is 2.32. The van der Waals surface area contributed by atoms with Crippen molar-refractivity contribution in [2.75, 3.05) is 25.1 Å². The van der Waals surface area contributed by atoms with Gasteiger partial charge in [-0.1, -0.05) is 24.6 Å². The molecule has 1 aliphatic carbocycles. The molecule has 19 heavy (non-hydrogen) atoms. The van der Waals surface area contributed by atoms with Crippen LogP contribution in [0, 0.1) is 0 Å². The van der Waals surface area contributed by atoms with Crippen molar-refractivity contribution in [2.24, 2.45) is 0 Å². The third kappa shape index (κ3) is 2.48. The van der Waals surface area contributed by atoms with Crippen LogP contribution in [-0.4, -0.2) is 26.1 Å². The topological polar surface area (TPSA) is 12.5 Å². The van der Waals surface area contributed by atoms with Crippen LogP contribution < -0.4 is 4.90 Å². The smallest absolute Gasteiger partial charge is 0.212 e. The summed E-state index contributed by atoms with van der Waals surface area (Å²) in [7, 11) is 1.47. The van der Waals surface area contributed by atoms with Crippen molar-refractivity contribution in [3.8, 4) is 0 Å². The molecule has 1 aromatic rings. The summed E-state index contributed by atoms with van der Waals surface area (Å²) in [6.07, 6.45) is 4.87. The highest BCUT2D eigenvalue weighted by Crippen LogP contribution is 2.42. The maximum atomic E-state index is 14.1. The molecule has 104 valence electrons. The van der Waals surface area contributed by atoms with Crippen molar-refractivity contribution < 1.29 is 9.13 Å². The van der Waals surface area contributed by atoms with Crippen molar-refractivity contribution in [1.29, 1.82) is 0 Å². The van der Waals surface area contributed by atoms with Crippen LogP contribution in [0.25, 0.3) is 0 Å². The number of hydrogen-bond acceptors (Lipinski definition) is 2. The van der Waals surface area contributed by atoms with E-state index >= 15 is 0 Å². The van der Waals surface area contributed by atoms with E-state index in [1.54, 1.807) is 0 Å². The SMILES string of the molecule is COC1(F)CCN(c2ccccc2C2CCC2)CC1. The molecule has 3 rings (SSSR count). The molecular formula is C16H22FNO. The number of nitrogens with zero attached hydrogens (tertiary/aromatic N) is 1. The number of anilines is 1. The summed E-state index contributed by atoms with van der Waals surface area (Å²) in [6.45, 7) is 1.49. The molecule has 0 atom stereocenters. The zero-order valence-electron chi connectivity index (χ0n) is 11.6. The molecule has 2 aliphatic rings. The molecule has 2 nitrogen and oxygen atoms in total. The monoisotopic (exact) mass is 263 g/mol. The van der Waals surface area contributed by atoms with Gasteiger partial charge in [0, 0.05) is 38.7 Å². The second-order valence-corrected chi connectivity index (χ2v) is 5.76. The Kier molecular flexibility index (Phi) is 3.48. The van der Waals surface area contributed by atoms with E-state index in [-0.39, 0.29) is 0 Å². The first-order valence-electron chi connectivity index (χ1n) is 7.30. The van der Waals surface area contributed by atoms with Crippen molar-refractivity contribution >= 4 is 5.69 Å². The van der Waals surface area contributed by atoms with Crippen molar-refractivity contribution in [3.05, 3.63) is 29.8 Å². The number of halogens is 1. The molecule has 0 N–H and O–H groups in total. The lowest BCUT2D eigenvalue weighted by molar-refractivity contribution is -0.135. The van der Waals surface area contributed by atoms with Gasteiger partial charge in [0.25, 0.3) is 0 Å². The average Bonchev–Trinajstić information content (AvgIpc) is 2.39. The van der Waals surface area contributed by atoms with E-state index in [1.807, 2.05) is 0 Å². The molecule has 1 aliphatic heterocycles. The van der Waals surface area contributed by atoms with Gasteiger partial charge in [0.15, 0.2) is 0 Å². The van der Waals surface area contributed by atoms with Crippen LogP contribution in [0.15, 0.2) is 24.3 Å². The molecular weight excluding hydrogens is 241 g/mol. The van der Waals surface area contributed by atoms with E-state index in [9.17, 15) is 4.39 Å². The third-order valence-electron chi connectivity index (χ3n) is 4.70. The zero-order valence-corrected chi connectivity index (χ0v) is 11.6. The lowest BCUT2D eigenvalue weighted by Crippen LogP contribution is -2.43. The molecule has 0 spiro atoms. The fourth-order valence-corrected chi connectivity index (χ4v) is 3.13. The van der Waals surface area contributed by atoms with E-state index < -0.39 is 5.85 Å². The Labute approximate surface area is 114 Å². The second kappa shape index (κ2) is 5.12. The Morgan fingerprint density at radius 1 is 1.21 bits per heavy atom. The zero-order chi connectivity index (χ0) is 13.3. The molecule has 3 heteroatoms. The minimum Gasteiger partial charge on any atom is -0.371 e. The van der Waals surface area contributed by atoms with Crippen LogP contribution in [0.4, 0.5) is 10.1 Å². The predicted octanol–water partition coefficient (Wildman–Crippen LogP) is 3.87. The Hall–Kier alpha value is -1.09. The van der Waals surface area contributed by atoms with E-state index in [4.69, 9.17) is 4.74 Å². The summed E-state index contributed by atoms with van der Waals surface area (Å²) >= 11 is 0. The quantitative estimate of drug-likeness (QED) is 0.821. The molecule has 0 amide bonds. The standard InChI is InChI=1S/C16H22FNO/c1-19-16(17)9-11-18(12-10-16)15-8-3-2-7-14(15)13-5-4-6-13/h2-3,7-8,13H,4-6,9-12H2,1H3. The molecule has 0 bridgehead atoms. The fraction of sp³-hybridized carbons (Fsp3) is 0.625. The summed E-state index contributed by atoms with van der Waals surface area (Å²) in [5, 5.41) is 0. The van der Waals surface area contributed by atoms with Gasteiger partial charge in [-0.25, -0.2) is 4.39 Å². The maximum Gasteiger partial charge on any atom is 0.212 e. The average molecular weight is 263 g/mol. The highest BCUT2D eigenvalue weighted by molar-refractivity contribution is 5.56. The minimum absolute atomic E-state index is 0.461. The fourth-order valence-electron chi connectivity index (χ4n) is 3.13. The van der Waals surface area contributed by atoms with E-state index in [1.165, 1.54) is 37.6 Å². The Bertz CT molecular complexity index is 436. The van der Waals surface area contributed by atoms with Gasteiger partial charge in [-0.2, -0.15) is 0 Å². The van der Waals surface area contributed by atoms with Crippen LogP contribution in [0.1, 0.15) is 43.6 Å². The van der Waals surface area contributed by atoms with Crippen LogP contribution in [0.2, 0.25) is 0 Å². The maximum absolute atomic E-state index is 14.1. The second-order valence-electron chi connectivity index (χ2n) is 5.76. The molecule has 1 aromatic carbocycles. The van der Waals surface area contributed by atoms with Gasteiger partial charge >= 0.3 is 0 Å². The van der Waals surface area contributed by atoms with Crippen LogP contribution >= 0.6 is 0 Å². The van der Waals surface area contributed by atoms with E-state index in [0.717, 1.165) is 19.0 Å². The van der Waals surface area contributed by atoms with E-state index in [2.05, 4.69) is 29.2 Å². The van der Waals surface area contributed by atoms with Gasteiger partial charge in [0.2, 0.25) is 5.85 Å². The number of methoxy groups -OCH3 is 1. The van der Waals surface area contributed by atoms with Crippen molar-refractivity contribution in [3.63, 3.8) is 0 Å². The largest absolute Gasteiger partial charge is 0.371 e. The first-order chi connectivity index (χ1) is 9.22. The third-order valence-corrected chi connectivity index (χ3v) is 4.70. The Morgan fingerprint density at radius 3 is 2.47 bits per heavy atom. The highest BCUT2D eigenvalue weighted by atomic mass is 19.2.